The van der Waals surface area contributed by atoms with Crippen molar-refractivity contribution in [3.05, 3.63) is 65.2 Å². The van der Waals surface area contributed by atoms with Crippen molar-refractivity contribution in [1.82, 2.24) is 10.2 Å². The summed E-state index contributed by atoms with van der Waals surface area (Å²) in [7, 11) is 3.96. The summed E-state index contributed by atoms with van der Waals surface area (Å²) in [5.41, 5.74) is 4.68. The fraction of sp³-hybridized carbons (Fsp3) is 0.381. The Labute approximate surface area is 150 Å². The maximum atomic E-state index is 12.3. The Balaban J connectivity index is 1.43. The summed E-state index contributed by atoms with van der Waals surface area (Å²) in [4.78, 5) is 16.8. The van der Waals surface area contributed by atoms with Gasteiger partial charge in [0, 0.05) is 51.5 Å². The number of hydrogen-bond donors (Lipinski definition) is 1. The van der Waals surface area contributed by atoms with Crippen molar-refractivity contribution in [3.63, 3.8) is 0 Å². The SMILES string of the molecule is CN(C)c1cccc(C(=O)NCCCN2CCc3ccccc3C2)c1. The molecule has 2 aromatic carbocycles. The highest BCUT2D eigenvalue weighted by Crippen LogP contribution is 2.18. The van der Waals surface area contributed by atoms with Gasteiger partial charge in [0.1, 0.15) is 0 Å². The van der Waals surface area contributed by atoms with Crippen LogP contribution in [-0.2, 0) is 13.0 Å². The lowest BCUT2D eigenvalue weighted by atomic mass is 10.00. The third kappa shape index (κ3) is 4.60. The van der Waals surface area contributed by atoms with Crippen LogP contribution in [0.25, 0.3) is 0 Å². The van der Waals surface area contributed by atoms with Crippen LogP contribution >= 0.6 is 0 Å². The molecule has 4 nitrogen and oxygen atoms in total. The lowest BCUT2D eigenvalue weighted by molar-refractivity contribution is 0.0951. The first-order valence-corrected chi connectivity index (χ1v) is 8.98. The molecule has 132 valence electrons. The molecule has 1 amide bonds. The Morgan fingerprint density at radius 2 is 1.92 bits per heavy atom. The van der Waals surface area contributed by atoms with Crippen LogP contribution < -0.4 is 10.2 Å². The van der Waals surface area contributed by atoms with E-state index in [2.05, 4.69) is 34.5 Å². The molecule has 0 fully saturated rings. The summed E-state index contributed by atoms with van der Waals surface area (Å²) in [6.45, 7) is 3.86. The molecule has 0 aromatic heterocycles. The van der Waals surface area contributed by atoms with Crippen molar-refractivity contribution in [1.29, 1.82) is 0 Å². The molecule has 0 unspecified atom stereocenters. The highest BCUT2D eigenvalue weighted by Gasteiger charge is 2.15. The quantitative estimate of drug-likeness (QED) is 0.823. The summed E-state index contributed by atoms with van der Waals surface area (Å²) >= 11 is 0. The number of carbonyl (C=O) groups is 1. The second kappa shape index (κ2) is 8.17. The summed E-state index contributed by atoms with van der Waals surface area (Å²) in [6, 6.07) is 16.4. The van der Waals surface area contributed by atoms with Gasteiger partial charge in [-0.15, -0.1) is 0 Å². The first-order chi connectivity index (χ1) is 12.1. The summed E-state index contributed by atoms with van der Waals surface area (Å²) < 4.78 is 0. The first kappa shape index (κ1) is 17.5. The smallest absolute Gasteiger partial charge is 0.251 e. The molecular formula is C21H27N3O. The lowest BCUT2D eigenvalue weighted by Gasteiger charge is -2.28. The zero-order valence-electron chi connectivity index (χ0n) is 15.2. The number of nitrogens with one attached hydrogen (secondary N) is 1. The fourth-order valence-corrected chi connectivity index (χ4v) is 3.28. The zero-order valence-corrected chi connectivity index (χ0v) is 15.2. The molecule has 0 saturated heterocycles. The van der Waals surface area contributed by atoms with Gasteiger partial charge in [0.05, 0.1) is 0 Å². The van der Waals surface area contributed by atoms with Crippen LogP contribution in [0.3, 0.4) is 0 Å². The molecule has 3 rings (SSSR count). The predicted octanol–water partition coefficient (Wildman–Crippen LogP) is 2.93. The predicted molar refractivity (Wildman–Crippen MR) is 103 cm³/mol. The topological polar surface area (TPSA) is 35.6 Å². The van der Waals surface area contributed by atoms with Crippen molar-refractivity contribution >= 4 is 11.6 Å². The largest absolute Gasteiger partial charge is 0.378 e. The minimum absolute atomic E-state index is 0.00712. The van der Waals surface area contributed by atoms with Crippen LogP contribution in [0.5, 0.6) is 0 Å². The standard InChI is InChI=1S/C21H27N3O/c1-23(2)20-10-5-9-18(15-20)21(25)22-12-6-13-24-14-11-17-7-3-4-8-19(17)16-24/h3-5,7-10,15H,6,11-14,16H2,1-2H3,(H,22,25). The van der Waals surface area contributed by atoms with Crippen LogP contribution in [0, 0.1) is 0 Å². The summed E-state index contributed by atoms with van der Waals surface area (Å²) in [5.74, 6) is 0.00712. The van der Waals surface area contributed by atoms with Crippen LogP contribution in [-0.4, -0.2) is 44.5 Å². The van der Waals surface area contributed by atoms with Gasteiger partial charge in [0.2, 0.25) is 0 Å². The second-order valence-corrected chi connectivity index (χ2v) is 6.85. The van der Waals surface area contributed by atoms with E-state index in [4.69, 9.17) is 0 Å². The number of fused-ring (bicyclic) bond motifs is 1. The van der Waals surface area contributed by atoms with Crippen LogP contribution in [0.1, 0.15) is 27.9 Å². The molecule has 0 radical (unpaired) electrons. The number of nitrogens with zero attached hydrogens (tertiary/aromatic N) is 2. The molecule has 1 N–H and O–H groups in total. The third-order valence-electron chi connectivity index (χ3n) is 4.77. The molecular weight excluding hydrogens is 310 g/mol. The Kier molecular flexibility index (Phi) is 5.71. The molecule has 25 heavy (non-hydrogen) atoms. The number of hydrogen-bond acceptors (Lipinski definition) is 3. The van der Waals surface area contributed by atoms with Crippen LogP contribution in [0.4, 0.5) is 5.69 Å². The van der Waals surface area contributed by atoms with E-state index in [1.54, 1.807) is 0 Å². The van der Waals surface area contributed by atoms with E-state index < -0.39 is 0 Å². The normalized spacial score (nSPS) is 14.0. The first-order valence-electron chi connectivity index (χ1n) is 8.98. The number of anilines is 1. The molecule has 0 spiro atoms. The minimum atomic E-state index is 0.00712. The Morgan fingerprint density at radius 1 is 1.12 bits per heavy atom. The van der Waals surface area contributed by atoms with Gasteiger partial charge in [-0.1, -0.05) is 30.3 Å². The van der Waals surface area contributed by atoms with E-state index in [0.29, 0.717) is 6.54 Å². The maximum Gasteiger partial charge on any atom is 0.251 e. The lowest BCUT2D eigenvalue weighted by Crippen LogP contribution is -2.33. The Bertz CT molecular complexity index is 727. The van der Waals surface area contributed by atoms with E-state index in [1.165, 1.54) is 11.1 Å². The molecule has 1 heterocycles. The molecule has 0 atom stereocenters. The molecule has 0 aliphatic carbocycles. The Morgan fingerprint density at radius 3 is 2.72 bits per heavy atom. The molecule has 1 aliphatic rings. The van der Waals surface area contributed by atoms with Crippen molar-refractivity contribution in [2.45, 2.75) is 19.4 Å². The van der Waals surface area contributed by atoms with Gasteiger partial charge < -0.3 is 10.2 Å². The van der Waals surface area contributed by atoms with E-state index in [-0.39, 0.29) is 5.91 Å². The highest BCUT2D eigenvalue weighted by atomic mass is 16.1. The maximum absolute atomic E-state index is 12.3. The van der Waals surface area contributed by atoms with Gasteiger partial charge in [-0.3, -0.25) is 9.69 Å². The van der Waals surface area contributed by atoms with Gasteiger partial charge in [-0.2, -0.15) is 0 Å². The van der Waals surface area contributed by atoms with Crippen LogP contribution in [0.2, 0.25) is 0 Å². The molecule has 0 bridgehead atoms. The highest BCUT2D eigenvalue weighted by molar-refractivity contribution is 5.95. The van der Waals surface area contributed by atoms with Crippen molar-refractivity contribution in [2.75, 3.05) is 38.6 Å². The minimum Gasteiger partial charge on any atom is -0.378 e. The van der Waals surface area contributed by atoms with Crippen LogP contribution in [0.15, 0.2) is 48.5 Å². The van der Waals surface area contributed by atoms with Gasteiger partial charge in [0.25, 0.3) is 5.91 Å². The molecule has 4 heteroatoms. The van der Waals surface area contributed by atoms with Gasteiger partial charge >= 0.3 is 0 Å². The van der Waals surface area contributed by atoms with Crippen molar-refractivity contribution < 1.29 is 4.79 Å². The monoisotopic (exact) mass is 337 g/mol. The van der Waals surface area contributed by atoms with Gasteiger partial charge in [-0.25, -0.2) is 0 Å². The van der Waals surface area contributed by atoms with E-state index >= 15 is 0 Å². The average molecular weight is 337 g/mol. The summed E-state index contributed by atoms with van der Waals surface area (Å²) in [6.07, 6.45) is 2.10. The summed E-state index contributed by atoms with van der Waals surface area (Å²) in [5, 5.41) is 3.04. The average Bonchev–Trinajstić information content (AvgIpc) is 2.65. The van der Waals surface area contributed by atoms with Crippen molar-refractivity contribution in [2.24, 2.45) is 0 Å². The van der Waals surface area contributed by atoms with E-state index in [1.807, 2.05) is 43.3 Å². The zero-order chi connectivity index (χ0) is 17.6. The van der Waals surface area contributed by atoms with Crippen molar-refractivity contribution in [3.8, 4) is 0 Å². The van der Waals surface area contributed by atoms with Gasteiger partial charge in [-0.05, 0) is 42.2 Å². The number of amides is 1. The van der Waals surface area contributed by atoms with E-state index in [9.17, 15) is 4.79 Å². The number of rotatable bonds is 6. The fourth-order valence-electron chi connectivity index (χ4n) is 3.28. The number of benzene rings is 2. The molecule has 2 aromatic rings. The van der Waals surface area contributed by atoms with Gasteiger partial charge in [0.15, 0.2) is 0 Å². The molecule has 0 saturated carbocycles. The molecule has 1 aliphatic heterocycles. The number of carbonyl (C=O) groups excluding carboxylic acids is 1. The van der Waals surface area contributed by atoms with E-state index in [0.717, 1.165) is 43.7 Å². The third-order valence-corrected chi connectivity index (χ3v) is 4.77. The Hall–Kier alpha value is -2.33. The second-order valence-electron chi connectivity index (χ2n) is 6.85.